The number of nitrogens with two attached hydrogens (primary N) is 4. The van der Waals surface area contributed by atoms with Crippen molar-refractivity contribution in [3.63, 3.8) is 0 Å². The molecule has 1 aliphatic rings. The number of aliphatic hydroxyl groups is 1. The smallest absolute Gasteiger partial charge is 0.269 e. The maximum atomic E-state index is 14.7. The Labute approximate surface area is 463 Å². The largest absolute Gasteiger partial charge is 0.508 e. The first-order valence-electron chi connectivity index (χ1n) is 24.8. The van der Waals surface area contributed by atoms with Crippen LogP contribution in [0.4, 0.5) is 0 Å². The minimum atomic E-state index is -1.76. The van der Waals surface area contributed by atoms with Crippen molar-refractivity contribution in [1.82, 2.24) is 31.9 Å². The lowest BCUT2D eigenvalue weighted by atomic mass is 10.00. The van der Waals surface area contributed by atoms with Gasteiger partial charge in [0, 0.05) is 41.4 Å². The number of hydrogen-bond acceptors (Lipinski definition) is 15. The lowest BCUT2D eigenvalue weighted by Gasteiger charge is -2.29. The molecule has 0 unspecified atom stereocenters. The van der Waals surface area contributed by atoms with Crippen molar-refractivity contribution in [3.05, 3.63) is 136 Å². The summed E-state index contributed by atoms with van der Waals surface area (Å²) in [5, 5.41) is 37.3. The van der Waals surface area contributed by atoms with Gasteiger partial charge in [-0.25, -0.2) is 4.99 Å². The number of aliphatic hydroxyl groups excluding tert-OH is 1. The summed E-state index contributed by atoms with van der Waals surface area (Å²) < 4.78 is 0. The maximum Gasteiger partial charge on any atom is 0.269 e. The summed E-state index contributed by atoms with van der Waals surface area (Å²) in [6.45, 7) is 1.42. The fourth-order valence-corrected chi connectivity index (χ4v) is 10.3. The summed E-state index contributed by atoms with van der Waals surface area (Å²) in [5.41, 5.74) is 25.2. The number of nitrogens with zero attached hydrogens (tertiary/aromatic N) is 1. The van der Waals surface area contributed by atoms with Crippen molar-refractivity contribution in [2.45, 2.75) is 100 Å². The van der Waals surface area contributed by atoms with Crippen molar-refractivity contribution < 1.29 is 53.4 Å². The number of amides is 9. The van der Waals surface area contributed by atoms with Crippen molar-refractivity contribution in [1.29, 1.82) is 0 Å². The summed E-state index contributed by atoms with van der Waals surface area (Å²) in [6.07, 6.45) is -1.56. The highest BCUT2D eigenvalue weighted by Gasteiger charge is 2.36. The predicted molar refractivity (Wildman–Crippen MR) is 296 cm³/mol. The van der Waals surface area contributed by atoms with Crippen LogP contribution in [-0.4, -0.2) is 136 Å². The van der Waals surface area contributed by atoms with Gasteiger partial charge >= 0.3 is 0 Å². The zero-order valence-electron chi connectivity index (χ0n) is 42.5. The summed E-state index contributed by atoms with van der Waals surface area (Å²) in [7, 11) is 1.90. The van der Waals surface area contributed by atoms with Crippen LogP contribution in [0.3, 0.4) is 0 Å². The monoisotopic (exact) mass is 1130 g/mol. The van der Waals surface area contributed by atoms with Crippen LogP contribution in [0.2, 0.25) is 5.02 Å². The number of phenols is 1. The molecular weight excluding hydrogens is 1070 g/mol. The van der Waals surface area contributed by atoms with Gasteiger partial charge in [-0.2, -0.15) is 0 Å². The van der Waals surface area contributed by atoms with E-state index in [2.05, 4.69) is 36.9 Å². The van der Waals surface area contributed by atoms with E-state index in [9.17, 15) is 53.4 Å². The number of nitrogens with one attached hydrogen (secondary N) is 6. The SMILES string of the molecule is C[C@@H](O)[C@@H]1NC(=O)[C@H](CCCCN)NC(=O)[C@@H](Cc2ccc(C(N)=O)cc2)NC(=O)[C@H](Cc2ccc(O)cc2)NC(=O)[C@H](NC(=O)[C@@H](N)Cc2ccc(Cl)cc2)CSSC[C@@H](C(=O)N=C(Cc2ccccc2)C(N)=O)NC1=O. The first-order valence-corrected chi connectivity index (χ1v) is 27.6. The van der Waals surface area contributed by atoms with Gasteiger partial charge in [-0.15, -0.1) is 0 Å². The Kier molecular flexibility index (Phi) is 24.1. The highest BCUT2D eigenvalue weighted by atomic mass is 35.5. The van der Waals surface area contributed by atoms with E-state index in [4.69, 9.17) is 34.5 Å². The highest BCUT2D eigenvalue weighted by Crippen LogP contribution is 2.25. The van der Waals surface area contributed by atoms with E-state index in [-0.39, 0.29) is 73.6 Å². The topological polar surface area (TPSA) is 383 Å². The normalized spacial score (nSPS) is 21.0. The minimum Gasteiger partial charge on any atom is -0.508 e. The van der Waals surface area contributed by atoms with Gasteiger partial charge < -0.3 is 65.0 Å². The average Bonchev–Trinajstić information content (AvgIpc) is 3.41. The molecule has 22 nitrogen and oxygen atoms in total. The van der Waals surface area contributed by atoms with Crippen LogP contribution < -0.4 is 54.8 Å². The molecule has 0 bridgehead atoms. The third-order valence-corrected chi connectivity index (χ3v) is 14.9. The second kappa shape index (κ2) is 30.6. The highest BCUT2D eigenvalue weighted by molar-refractivity contribution is 8.76. The Hall–Kier alpha value is -7.35. The number of halogens is 1. The molecule has 1 fully saturated rings. The zero-order chi connectivity index (χ0) is 56.9. The van der Waals surface area contributed by atoms with Gasteiger partial charge in [0.1, 0.15) is 47.7 Å². The van der Waals surface area contributed by atoms with Crippen LogP contribution in [0, 0.1) is 0 Å². The minimum absolute atomic E-state index is 0.0309. The van der Waals surface area contributed by atoms with Gasteiger partial charge in [0.25, 0.3) is 11.8 Å². The molecule has 0 spiro atoms. The number of hydrogen-bond donors (Lipinski definition) is 12. The van der Waals surface area contributed by atoms with E-state index in [0.29, 0.717) is 33.7 Å². The second-order valence-electron chi connectivity index (χ2n) is 18.4. The Morgan fingerprint density at radius 3 is 1.82 bits per heavy atom. The second-order valence-corrected chi connectivity index (χ2v) is 21.4. The maximum absolute atomic E-state index is 14.7. The van der Waals surface area contributed by atoms with E-state index in [1.807, 2.05) is 0 Å². The van der Waals surface area contributed by atoms with Gasteiger partial charge in [-0.05, 0) is 97.8 Å². The molecule has 0 saturated carbocycles. The van der Waals surface area contributed by atoms with Gasteiger partial charge in [-0.3, -0.25) is 43.2 Å². The van der Waals surface area contributed by atoms with E-state index in [1.165, 1.54) is 55.5 Å². The predicted octanol–water partition coefficient (Wildman–Crippen LogP) is 0.00890. The molecule has 9 amide bonds. The number of benzene rings is 4. The molecule has 1 saturated heterocycles. The fraction of sp³-hybridized carbons (Fsp3) is 0.358. The number of aliphatic imine (C=N–C) groups is 1. The Morgan fingerprint density at radius 2 is 1.24 bits per heavy atom. The lowest BCUT2D eigenvalue weighted by molar-refractivity contribution is -0.136. The Balaban J connectivity index is 1.59. The molecule has 0 radical (unpaired) electrons. The van der Waals surface area contributed by atoms with Gasteiger partial charge in [-0.1, -0.05) is 99.9 Å². The van der Waals surface area contributed by atoms with Crippen molar-refractivity contribution in [2.75, 3.05) is 18.1 Å². The van der Waals surface area contributed by atoms with Crippen molar-refractivity contribution >= 4 is 92.1 Å². The van der Waals surface area contributed by atoms with Crippen LogP contribution in [0.25, 0.3) is 0 Å². The molecule has 16 N–H and O–H groups in total. The quantitative estimate of drug-likeness (QED) is 0.0355. The molecular formula is C53H64ClN11O11S2. The van der Waals surface area contributed by atoms with Crippen molar-refractivity contribution in [3.8, 4) is 5.75 Å². The zero-order valence-corrected chi connectivity index (χ0v) is 44.9. The standard InChI is InChI=1S/C53H64ClN11O11S2/c1-29(66)44-53(76)64-43(51(74)60-39(46(58)69)24-30-7-3-2-4-8-30)28-78-77-27-42(63-47(70)37(56)23-31-12-18-35(54)19-13-31)52(75)62-41(26-33-14-20-36(67)21-15-33)50(73)61-40(25-32-10-16-34(17-11-32)45(57)68)49(72)59-38(48(71)65-44)9-5-6-22-55/h2-4,7-8,10-21,29,37-38,40-44,66-67H,5-6,9,22-28,55-56H2,1H3,(H2,57,68)(H2,58,69)(H,59,72)(H,61,73)(H,62,75)(H,63,70)(H,64,76)(H,65,71)/t29-,37+,38+,40-,41+,42-,43+,44+/m1/s1. The molecule has 1 aliphatic heterocycles. The number of primary amides is 2. The molecule has 78 heavy (non-hydrogen) atoms. The average molecular weight is 1130 g/mol. The van der Waals surface area contributed by atoms with Crippen molar-refractivity contribution in [2.24, 2.45) is 27.9 Å². The molecule has 5 rings (SSSR count). The van der Waals surface area contributed by atoms with Crippen LogP contribution in [0.1, 0.15) is 58.8 Å². The van der Waals surface area contributed by atoms with Crippen LogP contribution in [0.15, 0.2) is 108 Å². The third-order valence-electron chi connectivity index (χ3n) is 12.2. The summed E-state index contributed by atoms with van der Waals surface area (Å²) >= 11 is 6.07. The van der Waals surface area contributed by atoms with E-state index < -0.39 is 102 Å². The molecule has 25 heteroatoms. The van der Waals surface area contributed by atoms with Crippen LogP contribution in [0.5, 0.6) is 5.75 Å². The van der Waals surface area contributed by atoms with E-state index in [1.54, 1.807) is 54.6 Å². The first-order chi connectivity index (χ1) is 37.2. The number of carbonyl (C=O) groups is 9. The summed E-state index contributed by atoms with van der Waals surface area (Å²) in [5.74, 6) is -8.90. The summed E-state index contributed by atoms with van der Waals surface area (Å²) in [4.78, 5) is 129. The fourth-order valence-electron chi connectivity index (χ4n) is 7.84. The molecule has 416 valence electrons. The number of phenolic OH excluding ortho intramolecular Hbond substituents is 1. The number of rotatable bonds is 18. The van der Waals surface area contributed by atoms with Gasteiger partial charge in [0.05, 0.1) is 12.1 Å². The molecule has 8 atom stereocenters. The third kappa shape index (κ3) is 19.6. The number of carbonyl (C=O) groups excluding carboxylic acids is 9. The number of unbranched alkanes of at least 4 members (excludes halogenated alkanes) is 1. The number of aromatic hydroxyl groups is 1. The van der Waals surface area contributed by atoms with Gasteiger partial charge in [0.2, 0.25) is 41.4 Å². The molecule has 0 aromatic heterocycles. The Bertz CT molecular complexity index is 2780. The van der Waals surface area contributed by atoms with E-state index in [0.717, 1.165) is 21.6 Å². The van der Waals surface area contributed by atoms with Crippen LogP contribution >= 0.6 is 33.2 Å². The summed E-state index contributed by atoms with van der Waals surface area (Å²) in [6, 6.07) is 16.3. The lowest BCUT2D eigenvalue weighted by Crippen LogP contribution is -2.61. The molecule has 0 aliphatic carbocycles. The van der Waals surface area contributed by atoms with Crippen LogP contribution in [-0.2, 0) is 64.0 Å². The molecule has 4 aromatic carbocycles. The van der Waals surface area contributed by atoms with Gasteiger partial charge in [0.15, 0.2) is 0 Å². The molecule has 4 aromatic rings. The Morgan fingerprint density at radius 1 is 0.692 bits per heavy atom. The first kappa shape index (κ1) is 61.5. The molecule has 1 heterocycles. The van der Waals surface area contributed by atoms with E-state index >= 15 is 0 Å².